The summed E-state index contributed by atoms with van der Waals surface area (Å²) in [6.07, 6.45) is 2.58. The number of hydrogen-bond acceptors (Lipinski definition) is 3. The van der Waals surface area contributed by atoms with Crippen LogP contribution < -0.4 is 0 Å². The highest BCUT2D eigenvalue weighted by Gasteiger charge is 2.17. The summed E-state index contributed by atoms with van der Waals surface area (Å²) in [4.78, 5) is 19.8. The van der Waals surface area contributed by atoms with Crippen LogP contribution in [-0.2, 0) is 0 Å². The van der Waals surface area contributed by atoms with E-state index in [4.69, 9.17) is 46.4 Å². The number of nitrogens with zero attached hydrogens (tertiary/aromatic N) is 2. The summed E-state index contributed by atoms with van der Waals surface area (Å²) in [5, 5.41) is 0.811. The molecular weight excluding hydrogens is 318 g/mol. The lowest BCUT2D eigenvalue weighted by Crippen LogP contribution is -2.04. The van der Waals surface area contributed by atoms with Crippen LogP contribution in [0.15, 0.2) is 24.5 Å². The predicted molar refractivity (Wildman–Crippen MR) is 71.9 cm³/mol. The Hall–Kier alpha value is -0.870. The molecule has 2 aromatic heterocycles. The zero-order valence-electron chi connectivity index (χ0n) is 8.62. The maximum Gasteiger partial charge on any atom is 0.199 e. The van der Waals surface area contributed by atoms with Gasteiger partial charge < -0.3 is 0 Å². The highest BCUT2D eigenvalue weighted by molar-refractivity contribution is 6.39. The second-order valence-corrected chi connectivity index (χ2v) is 4.89. The lowest BCUT2D eigenvalue weighted by atomic mass is 10.1. The van der Waals surface area contributed by atoms with Crippen LogP contribution in [0.4, 0.5) is 0 Å². The Morgan fingerprint density at radius 3 is 1.56 bits per heavy atom. The molecule has 0 aliphatic heterocycles. The first kappa shape index (κ1) is 13.6. The number of hydrogen-bond donors (Lipinski definition) is 0. The second-order valence-electron chi connectivity index (χ2n) is 3.30. The molecule has 0 spiro atoms. The summed E-state index contributed by atoms with van der Waals surface area (Å²) in [5.41, 5.74) is 0.402. The Morgan fingerprint density at radius 2 is 1.22 bits per heavy atom. The van der Waals surface area contributed by atoms with Gasteiger partial charge in [0, 0.05) is 12.4 Å². The summed E-state index contributed by atoms with van der Waals surface area (Å²) < 4.78 is 0. The van der Waals surface area contributed by atoms with Gasteiger partial charge in [-0.2, -0.15) is 0 Å². The van der Waals surface area contributed by atoms with Gasteiger partial charge in [-0.1, -0.05) is 46.4 Å². The normalized spacial score (nSPS) is 10.4. The molecule has 2 aromatic rings. The van der Waals surface area contributed by atoms with E-state index < -0.39 is 5.78 Å². The largest absolute Gasteiger partial charge is 0.288 e. The molecule has 7 heteroatoms. The molecule has 92 valence electrons. The third kappa shape index (κ3) is 2.75. The number of halogens is 4. The minimum Gasteiger partial charge on any atom is -0.288 e. The van der Waals surface area contributed by atoms with Crippen molar-refractivity contribution in [3.63, 3.8) is 0 Å². The van der Waals surface area contributed by atoms with E-state index in [0.29, 0.717) is 0 Å². The van der Waals surface area contributed by atoms with Gasteiger partial charge in [0.05, 0.1) is 21.2 Å². The van der Waals surface area contributed by atoms with Gasteiger partial charge in [-0.25, -0.2) is 9.97 Å². The number of rotatable bonds is 2. The first-order valence-electron chi connectivity index (χ1n) is 4.66. The minimum absolute atomic E-state index is 0.200. The molecule has 18 heavy (non-hydrogen) atoms. The highest BCUT2D eigenvalue weighted by atomic mass is 35.5. The quantitative estimate of drug-likeness (QED) is 0.611. The fraction of sp³-hybridized carbons (Fsp3) is 0. The first-order chi connectivity index (χ1) is 8.49. The van der Waals surface area contributed by atoms with E-state index in [1.54, 1.807) is 0 Å². The summed E-state index contributed by atoms with van der Waals surface area (Å²) >= 11 is 23.2. The average Bonchev–Trinajstić information content (AvgIpc) is 2.28. The van der Waals surface area contributed by atoms with Gasteiger partial charge in [0.25, 0.3) is 0 Å². The molecule has 0 bridgehead atoms. The summed E-state index contributed by atoms with van der Waals surface area (Å²) in [5.74, 6) is -0.390. The Bertz CT molecular complexity index is 577. The van der Waals surface area contributed by atoms with Crippen molar-refractivity contribution in [3.05, 3.63) is 56.0 Å². The molecule has 0 saturated carbocycles. The molecule has 0 amide bonds. The van der Waals surface area contributed by atoms with Crippen LogP contribution in [0.3, 0.4) is 0 Å². The van der Waals surface area contributed by atoms with Crippen LogP contribution in [0.2, 0.25) is 20.4 Å². The topological polar surface area (TPSA) is 42.9 Å². The molecule has 0 saturated heterocycles. The maximum absolute atomic E-state index is 12.2. The SMILES string of the molecule is O=C(c1cnc(Cl)cc1Cl)c1cnc(Cl)cc1Cl. The molecule has 0 aliphatic rings. The van der Waals surface area contributed by atoms with Gasteiger partial charge in [-0.3, -0.25) is 4.79 Å². The van der Waals surface area contributed by atoms with Crippen molar-refractivity contribution < 1.29 is 4.79 Å². The van der Waals surface area contributed by atoms with E-state index in [1.165, 1.54) is 24.5 Å². The predicted octanol–water partition coefficient (Wildman–Crippen LogP) is 4.32. The molecule has 0 atom stereocenters. The lowest BCUT2D eigenvalue weighted by molar-refractivity contribution is 0.103. The number of ketones is 1. The molecule has 3 nitrogen and oxygen atoms in total. The van der Waals surface area contributed by atoms with E-state index in [2.05, 4.69) is 9.97 Å². The number of pyridine rings is 2. The van der Waals surface area contributed by atoms with E-state index in [9.17, 15) is 4.79 Å². The standard InChI is InChI=1S/C11H4Cl4N2O/c12-7-1-9(14)16-3-5(7)11(18)6-4-17-10(15)2-8(6)13/h1-4H. The lowest BCUT2D eigenvalue weighted by Gasteiger charge is -2.05. The van der Waals surface area contributed by atoms with Gasteiger partial charge in [0.2, 0.25) is 0 Å². The Morgan fingerprint density at radius 1 is 0.833 bits per heavy atom. The Balaban J connectivity index is 2.48. The molecule has 0 radical (unpaired) electrons. The molecular formula is C11H4Cl4N2O. The minimum atomic E-state index is -0.390. The first-order valence-corrected chi connectivity index (χ1v) is 6.17. The zero-order valence-corrected chi connectivity index (χ0v) is 11.6. The molecule has 2 heterocycles. The maximum atomic E-state index is 12.2. The van der Waals surface area contributed by atoms with Gasteiger partial charge in [-0.15, -0.1) is 0 Å². The second kappa shape index (κ2) is 5.41. The van der Waals surface area contributed by atoms with Crippen molar-refractivity contribution in [2.45, 2.75) is 0 Å². The molecule has 0 fully saturated rings. The third-order valence-electron chi connectivity index (χ3n) is 2.13. The number of aromatic nitrogens is 2. The van der Waals surface area contributed by atoms with E-state index >= 15 is 0 Å². The van der Waals surface area contributed by atoms with E-state index in [1.807, 2.05) is 0 Å². The van der Waals surface area contributed by atoms with Gasteiger partial charge in [0.1, 0.15) is 10.3 Å². The fourth-order valence-corrected chi connectivity index (χ4v) is 2.20. The fourth-order valence-electron chi connectivity index (χ4n) is 1.29. The van der Waals surface area contributed by atoms with Crippen molar-refractivity contribution in [1.82, 2.24) is 9.97 Å². The van der Waals surface area contributed by atoms with Crippen LogP contribution in [-0.4, -0.2) is 15.8 Å². The number of carbonyl (C=O) groups excluding carboxylic acids is 1. The van der Waals surface area contributed by atoms with Crippen molar-refractivity contribution >= 4 is 52.2 Å². The zero-order chi connectivity index (χ0) is 13.3. The van der Waals surface area contributed by atoms with E-state index in [0.717, 1.165) is 0 Å². The highest BCUT2D eigenvalue weighted by Crippen LogP contribution is 2.25. The summed E-state index contributed by atoms with van der Waals surface area (Å²) in [7, 11) is 0. The smallest absolute Gasteiger partial charge is 0.199 e. The van der Waals surface area contributed by atoms with Crippen LogP contribution in [0.25, 0.3) is 0 Å². The van der Waals surface area contributed by atoms with Crippen molar-refractivity contribution in [1.29, 1.82) is 0 Å². The summed E-state index contributed by atoms with van der Waals surface area (Å²) in [6.45, 7) is 0. The van der Waals surface area contributed by atoms with Crippen LogP contribution >= 0.6 is 46.4 Å². The van der Waals surface area contributed by atoms with Crippen LogP contribution in [0, 0.1) is 0 Å². The molecule has 0 N–H and O–H groups in total. The Labute approximate surface area is 123 Å². The van der Waals surface area contributed by atoms with Crippen molar-refractivity contribution in [2.75, 3.05) is 0 Å². The van der Waals surface area contributed by atoms with Crippen molar-refractivity contribution in [2.24, 2.45) is 0 Å². The average molecular weight is 322 g/mol. The molecule has 0 aromatic carbocycles. The third-order valence-corrected chi connectivity index (χ3v) is 3.17. The monoisotopic (exact) mass is 320 g/mol. The molecule has 2 rings (SSSR count). The van der Waals surface area contributed by atoms with Crippen LogP contribution in [0.5, 0.6) is 0 Å². The molecule has 0 aliphatic carbocycles. The van der Waals surface area contributed by atoms with Gasteiger partial charge in [-0.05, 0) is 12.1 Å². The summed E-state index contributed by atoms with van der Waals surface area (Å²) in [6, 6.07) is 2.77. The van der Waals surface area contributed by atoms with Crippen molar-refractivity contribution in [3.8, 4) is 0 Å². The Kier molecular flexibility index (Phi) is 4.07. The van der Waals surface area contributed by atoms with Gasteiger partial charge in [0.15, 0.2) is 5.78 Å². The van der Waals surface area contributed by atoms with Crippen LogP contribution in [0.1, 0.15) is 15.9 Å². The van der Waals surface area contributed by atoms with Gasteiger partial charge >= 0.3 is 0 Å². The number of carbonyl (C=O) groups is 1. The van der Waals surface area contributed by atoms with E-state index in [-0.39, 0.29) is 31.5 Å². The molecule has 0 unspecified atom stereocenters.